The number of aliphatic hydroxyl groups is 1. The first-order valence-electron chi connectivity index (χ1n) is 7.04. The normalized spacial score (nSPS) is 30.8. The molecule has 2 saturated heterocycles. The molecule has 3 rings (SSSR count). The van der Waals surface area contributed by atoms with Crippen LogP contribution in [-0.2, 0) is 18.9 Å². The van der Waals surface area contributed by atoms with Crippen LogP contribution in [0.1, 0.15) is 32.1 Å². The molecule has 0 aromatic heterocycles. The molecular weight excluding hydrogens is 248 g/mol. The standard InChI is InChI=1S/C8H14O2.C6H10O3/c1-2-10-8(9)6-4-3-5-7-8;1(5-3-8-5)7-2-6-4-9-6/h2,9H,1,3-7H2;5-6H,1-4H2. The fraction of sp³-hybridized carbons (Fsp3) is 0.857. The zero-order valence-electron chi connectivity index (χ0n) is 11.4. The zero-order valence-corrected chi connectivity index (χ0v) is 11.4. The lowest BCUT2D eigenvalue weighted by molar-refractivity contribution is -0.185. The quantitative estimate of drug-likeness (QED) is 0.452. The van der Waals surface area contributed by atoms with Crippen molar-refractivity contribution in [3.05, 3.63) is 12.8 Å². The molecule has 0 amide bonds. The Labute approximate surface area is 114 Å². The van der Waals surface area contributed by atoms with Gasteiger partial charge in [-0.2, -0.15) is 0 Å². The highest BCUT2D eigenvalue weighted by Gasteiger charge is 2.29. The third kappa shape index (κ3) is 6.38. The van der Waals surface area contributed by atoms with Gasteiger partial charge in [-0.15, -0.1) is 0 Å². The lowest BCUT2D eigenvalue weighted by atomic mass is 9.94. The molecule has 1 aliphatic carbocycles. The van der Waals surface area contributed by atoms with E-state index >= 15 is 0 Å². The first-order valence-corrected chi connectivity index (χ1v) is 7.04. The molecule has 1 saturated carbocycles. The number of hydrogen-bond donors (Lipinski definition) is 1. The van der Waals surface area contributed by atoms with Crippen molar-refractivity contribution in [3.8, 4) is 0 Å². The molecule has 3 fully saturated rings. The Bertz CT molecular complexity index is 255. The third-order valence-electron chi connectivity index (χ3n) is 3.35. The van der Waals surface area contributed by atoms with E-state index in [0.29, 0.717) is 12.2 Å². The summed E-state index contributed by atoms with van der Waals surface area (Å²) in [5, 5.41) is 9.58. The fourth-order valence-corrected chi connectivity index (χ4v) is 2.04. The molecule has 2 aliphatic heterocycles. The van der Waals surface area contributed by atoms with Crippen LogP contribution in [-0.4, -0.2) is 49.5 Å². The summed E-state index contributed by atoms with van der Waals surface area (Å²) < 4.78 is 20.1. The van der Waals surface area contributed by atoms with Gasteiger partial charge in [0.15, 0.2) is 0 Å². The molecule has 2 atom stereocenters. The molecule has 0 spiro atoms. The summed E-state index contributed by atoms with van der Waals surface area (Å²) in [6.07, 6.45) is 6.94. The van der Waals surface area contributed by atoms with Crippen molar-refractivity contribution >= 4 is 0 Å². The molecule has 19 heavy (non-hydrogen) atoms. The molecule has 5 heteroatoms. The fourth-order valence-electron chi connectivity index (χ4n) is 2.04. The number of epoxide rings is 2. The van der Waals surface area contributed by atoms with Crippen LogP contribution in [0, 0.1) is 0 Å². The van der Waals surface area contributed by atoms with Crippen molar-refractivity contribution in [3.63, 3.8) is 0 Å². The summed E-state index contributed by atoms with van der Waals surface area (Å²) in [5.41, 5.74) is 0. The van der Waals surface area contributed by atoms with Crippen molar-refractivity contribution in [2.75, 3.05) is 26.4 Å². The second-order valence-electron chi connectivity index (χ2n) is 5.24. The Morgan fingerprint density at radius 3 is 2.05 bits per heavy atom. The highest BCUT2D eigenvalue weighted by Crippen LogP contribution is 2.28. The van der Waals surface area contributed by atoms with E-state index in [-0.39, 0.29) is 0 Å². The summed E-state index contributed by atoms with van der Waals surface area (Å²) in [6, 6.07) is 0. The van der Waals surface area contributed by atoms with Crippen LogP contribution >= 0.6 is 0 Å². The maximum atomic E-state index is 9.58. The Kier molecular flexibility index (Phi) is 5.63. The molecule has 0 aromatic carbocycles. The maximum Gasteiger partial charge on any atom is 0.207 e. The van der Waals surface area contributed by atoms with Crippen molar-refractivity contribution in [2.45, 2.75) is 50.1 Å². The highest BCUT2D eigenvalue weighted by atomic mass is 16.6. The molecule has 2 unspecified atom stereocenters. The lowest BCUT2D eigenvalue weighted by Crippen LogP contribution is -2.32. The van der Waals surface area contributed by atoms with Gasteiger partial charge in [-0.25, -0.2) is 0 Å². The van der Waals surface area contributed by atoms with Gasteiger partial charge in [0.05, 0.1) is 32.7 Å². The minimum absolute atomic E-state index is 0.392. The van der Waals surface area contributed by atoms with Crippen LogP contribution in [0.5, 0.6) is 0 Å². The van der Waals surface area contributed by atoms with Crippen LogP contribution in [0.3, 0.4) is 0 Å². The summed E-state index contributed by atoms with van der Waals surface area (Å²) in [7, 11) is 0. The average molecular weight is 272 g/mol. The van der Waals surface area contributed by atoms with E-state index in [4.69, 9.17) is 18.9 Å². The van der Waals surface area contributed by atoms with Gasteiger partial charge in [0.1, 0.15) is 12.2 Å². The van der Waals surface area contributed by atoms with Gasteiger partial charge in [-0.05, 0) is 12.8 Å². The zero-order chi connectivity index (χ0) is 13.6. The second kappa shape index (κ2) is 7.24. The van der Waals surface area contributed by atoms with Crippen molar-refractivity contribution in [1.82, 2.24) is 0 Å². The van der Waals surface area contributed by atoms with Crippen molar-refractivity contribution in [2.24, 2.45) is 0 Å². The molecule has 0 radical (unpaired) electrons. The Hall–Kier alpha value is -0.620. The average Bonchev–Trinajstić information content (AvgIpc) is 3.26. The molecular formula is C14H24O5. The predicted octanol–water partition coefficient (Wildman–Crippen LogP) is 1.60. The predicted molar refractivity (Wildman–Crippen MR) is 69.6 cm³/mol. The highest BCUT2D eigenvalue weighted by molar-refractivity contribution is 4.75. The molecule has 0 aromatic rings. The van der Waals surface area contributed by atoms with E-state index in [9.17, 15) is 5.11 Å². The van der Waals surface area contributed by atoms with Gasteiger partial charge in [0.2, 0.25) is 5.79 Å². The van der Waals surface area contributed by atoms with E-state index in [0.717, 1.165) is 52.1 Å². The van der Waals surface area contributed by atoms with Gasteiger partial charge >= 0.3 is 0 Å². The first kappa shape index (κ1) is 14.8. The SMILES string of the molecule is C(OCC1CO1)C1CO1.C=COC1(O)CCCCC1. The molecule has 2 heterocycles. The van der Waals surface area contributed by atoms with E-state index in [2.05, 4.69) is 6.58 Å². The summed E-state index contributed by atoms with van der Waals surface area (Å²) in [6.45, 7) is 6.68. The maximum absolute atomic E-state index is 9.58. The first-order chi connectivity index (χ1) is 9.22. The van der Waals surface area contributed by atoms with Gasteiger partial charge < -0.3 is 24.1 Å². The van der Waals surface area contributed by atoms with E-state index < -0.39 is 5.79 Å². The molecule has 3 aliphatic rings. The lowest BCUT2D eigenvalue weighted by Gasteiger charge is -2.30. The topological polar surface area (TPSA) is 63.8 Å². The Morgan fingerprint density at radius 2 is 1.63 bits per heavy atom. The van der Waals surface area contributed by atoms with Crippen LogP contribution in [0.25, 0.3) is 0 Å². The second-order valence-corrected chi connectivity index (χ2v) is 5.24. The number of ether oxygens (including phenoxy) is 4. The Balaban J connectivity index is 0.000000141. The largest absolute Gasteiger partial charge is 0.471 e. The van der Waals surface area contributed by atoms with Gasteiger partial charge in [-0.3, -0.25) is 0 Å². The van der Waals surface area contributed by atoms with Gasteiger partial charge in [-0.1, -0.05) is 13.0 Å². The monoisotopic (exact) mass is 272 g/mol. The van der Waals surface area contributed by atoms with Crippen LogP contribution < -0.4 is 0 Å². The summed E-state index contributed by atoms with van der Waals surface area (Å²) >= 11 is 0. The van der Waals surface area contributed by atoms with Crippen molar-refractivity contribution in [1.29, 1.82) is 0 Å². The minimum Gasteiger partial charge on any atom is -0.471 e. The molecule has 0 bridgehead atoms. The minimum atomic E-state index is -0.889. The van der Waals surface area contributed by atoms with Gasteiger partial charge in [0, 0.05) is 12.8 Å². The van der Waals surface area contributed by atoms with Crippen LogP contribution in [0.15, 0.2) is 12.8 Å². The van der Waals surface area contributed by atoms with Crippen molar-refractivity contribution < 1.29 is 24.1 Å². The van der Waals surface area contributed by atoms with E-state index in [1.165, 1.54) is 12.7 Å². The molecule has 1 N–H and O–H groups in total. The summed E-state index contributed by atoms with van der Waals surface area (Å²) in [4.78, 5) is 0. The summed E-state index contributed by atoms with van der Waals surface area (Å²) in [5.74, 6) is -0.889. The van der Waals surface area contributed by atoms with E-state index in [1.54, 1.807) is 0 Å². The van der Waals surface area contributed by atoms with E-state index in [1.807, 2.05) is 0 Å². The third-order valence-corrected chi connectivity index (χ3v) is 3.35. The molecule has 5 nitrogen and oxygen atoms in total. The van der Waals surface area contributed by atoms with Gasteiger partial charge in [0.25, 0.3) is 0 Å². The smallest absolute Gasteiger partial charge is 0.207 e. The number of hydrogen-bond acceptors (Lipinski definition) is 5. The van der Waals surface area contributed by atoms with Crippen LogP contribution in [0.2, 0.25) is 0 Å². The van der Waals surface area contributed by atoms with Crippen LogP contribution in [0.4, 0.5) is 0 Å². The Morgan fingerprint density at radius 1 is 1.11 bits per heavy atom. The molecule has 110 valence electrons. The number of rotatable bonds is 6.